The molecule has 1 heterocycles. The Labute approximate surface area is 157 Å². The zero-order valence-electron chi connectivity index (χ0n) is 13.5. The molecule has 0 saturated carbocycles. The number of rotatable bonds is 4. The molecule has 0 aliphatic carbocycles. The van der Waals surface area contributed by atoms with E-state index in [-0.39, 0.29) is 12.6 Å². The second kappa shape index (κ2) is 7.94. The van der Waals surface area contributed by atoms with Gasteiger partial charge < -0.3 is 10.6 Å². The van der Waals surface area contributed by atoms with Crippen LogP contribution in [0.1, 0.15) is 15.9 Å². The smallest absolute Gasteiger partial charge is 0.319 e. The minimum atomic E-state index is -0.613. The van der Waals surface area contributed by atoms with Crippen molar-refractivity contribution in [3.05, 3.63) is 70.3 Å². The quantitative estimate of drug-likeness (QED) is 0.387. The van der Waals surface area contributed by atoms with Crippen LogP contribution >= 0.6 is 15.9 Å². The number of pyridine rings is 1. The number of amides is 3. The van der Waals surface area contributed by atoms with Gasteiger partial charge in [0.25, 0.3) is 5.91 Å². The lowest BCUT2D eigenvalue weighted by Gasteiger charge is -2.10. The molecule has 0 atom stereocenters. The van der Waals surface area contributed by atoms with Crippen LogP contribution < -0.4 is 16.1 Å². The molecule has 0 aliphatic rings. The van der Waals surface area contributed by atoms with Gasteiger partial charge >= 0.3 is 6.03 Å². The predicted octanol–water partition coefficient (Wildman–Crippen LogP) is 3.44. The molecule has 0 unspecified atom stereocenters. The van der Waals surface area contributed by atoms with Crippen LogP contribution in [0, 0.1) is 0 Å². The Bertz CT molecular complexity index is 972. The second-order valence-electron chi connectivity index (χ2n) is 5.44. The molecule has 0 spiro atoms. The van der Waals surface area contributed by atoms with Gasteiger partial charge in [0.05, 0.1) is 16.8 Å². The summed E-state index contributed by atoms with van der Waals surface area (Å²) in [4.78, 5) is 27.9. The maximum absolute atomic E-state index is 12.2. The van der Waals surface area contributed by atoms with Crippen molar-refractivity contribution in [2.75, 3.05) is 5.32 Å². The van der Waals surface area contributed by atoms with Crippen LogP contribution in [0.5, 0.6) is 0 Å². The number of nitrogens with one attached hydrogen (secondary N) is 3. The Balaban J connectivity index is 1.66. The number of hydrogen-bond donors (Lipinski definition) is 4. The zero-order chi connectivity index (χ0) is 18.5. The summed E-state index contributed by atoms with van der Waals surface area (Å²) in [6, 6.07) is 13.9. The summed E-state index contributed by atoms with van der Waals surface area (Å²) in [5.41, 5.74) is 4.00. The normalized spacial score (nSPS) is 10.4. The molecular formula is C18H15BrN4O3. The van der Waals surface area contributed by atoms with Gasteiger partial charge in [-0.15, -0.1) is 0 Å². The predicted molar refractivity (Wildman–Crippen MR) is 101 cm³/mol. The third-order valence-electron chi connectivity index (χ3n) is 3.71. The first kappa shape index (κ1) is 17.8. The molecule has 0 saturated heterocycles. The van der Waals surface area contributed by atoms with E-state index >= 15 is 0 Å². The number of carbonyl (C=O) groups is 2. The van der Waals surface area contributed by atoms with E-state index in [1.807, 2.05) is 24.3 Å². The highest BCUT2D eigenvalue weighted by Crippen LogP contribution is 2.21. The number of carbonyl (C=O) groups excluding carboxylic acids is 2. The maximum atomic E-state index is 12.2. The lowest BCUT2D eigenvalue weighted by molar-refractivity contribution is 0.0705. The molecule has 0 fully saturated rings. The molecule has 0 aliphatic heterocycles. The molecular weight excluding hydrogens is 400 g/mol. The van der Waals surface area contributed by atoms with Gasteiger partial charge in [-0.1, -0.05) is 24.3 Å². The minimum absolute atomic E-state index is 0.268. The van der Waals surface area contributed by atoms with E-state index in [0.29, 0.717) is 21.2 Å². The van der Waals surface area contributed by atoms with Crippen LogP contribution in [0.2, 0.25) is 0 Å². The highest BCUT2D eigenvalue weighted by molar-refractivity contribution is 9.10. The van der Waals surface area contributed by atoms with Crippen LogP contribution in [-0.2, 0) is 6.54 Å². The molecule has 0 radical (unpaired) electrons. The number of fused-ring (bicyclic) bond motifs is 1. The van der Waals surface area contributed by atoms with Crippen molar-refractivity contribution < 1.29 is 14.8 Å². The number of aromatic nitrogens is 1. The van der Waals surface area contributed by atoms with Gasteiger partial charge in [-0.25, -0.2) is 10.3 Å². The fourth-order valence-corrected chi connectivity index (χ4v) is 3.07. The lowest BCUT2D eigenvalue weighted by atomic mass is 10.1. The Hall–Kier alpha value is -2.97. The summed E-state index contributed by atoms with van der Waals surface area (Å²) in [6.45, 7) is 0.268. The van der Waals surface area contributed by atoms with E-state index < -0.39 is 5.91 Å². The van der Waals surface area contributed by atoms with Crippen molar-refractivity contribution in [3.8, 4) is 0 Å². The molecule has 2 aromatic carbocycles. The van der Waals surface area contributed by atoms with Crippen LogP contribution in [-0.4, -0.2) is 22.1 Å². The summed E-state index contributed by atoms with van der Waals surface area (Å²) >= 11 is 3.27. The van der Waals surface area contributed by atoms with E-state index in [2.05, 4.69) is 31.5 Å². The van der Waals surface area contributed by atoms with Gasteiger partial charge in [-0.2, -0.15) is 0 Å². The van der Waals surface area contributed by atoms with Gasteiger partial charge in [0.2, 0.25) is 0 Å². The molecule has 8 heteroatoms. The number of anilines is 1. The van der Waals surface area contributed by atoms with E-state index in [9.17, 15) is 9.59 Å². The highest BCUT2D eigenvalue weighted by atomic mass is 79.9. The van der Waals surface area contributed by atoms with Gasteiger partial charge in [0.15, 0.2) is 0 Å². The van der Waals surface area contributed by atoms with E-state index in [1.165, 1.54) is 0 Å². The largest absolute Gasteiger partial charge is 0.334 e. The monoisotopic (exact) mass is 414 g/mol. The average Bonchev–Trinajstić information content (AvgIpc) is 2.66. The van der Waals surface area contributed by atoms with Crippen molar-refractivity contribution in [2.45, 2.75) is 6.54 Å². The number of nitrogens with zero attached hydrogens (tertiary/aromatic N) is 1. The molecule has 132 valence electrons. The molecule has 4 N–H and O–H groups in total. The van der Waals surface area contributed by atoms with Crippen molar-refractivity contribution in [3.63, 3.8) is 0 Å². The number of hydrogen-bond acceptors (Lipinski definition) is 4. The van der Waals surface area contributed by atoms with Gasteiger partial charge in [0, 0.05) is 22.6 Å². The molecule has 0 bridgehead atoms. The summed E-state index contributed by atoms with van der Waals surface area (Å²) in [5, 5.41) is 15.2. The maximum Gasteiger partial charge on any atom is 0.319 e. The Morgan fingerprint density at radius 1 is 1.12 bits per heavy atom. The van der Waals surface area contributed by atoms with Crippen molar-refractivity contribution >= 4 is 44.5 Å². The number of halogens is 1. The third kappa shape index (κ3) is 3.98. The number of urea groups is 1. The fourth-order valence-electron chi connectivity index (χ4n) is 2.47. The number of para-hydroxylation sites is 1. The first-order chi connectivity index (χ1) is 12.6. The van der Waals surface area contributed by atoms with Gasteiger partial charge in [-0.05, 0) is 45.8 Å². The first-order valence-electron chi connectivity index (χ1n) is 7.70. The van der Waals surface area contributed by atoms with Crippen LogP contribution in [0.25, 0.3) is 10.9 Å². The van der Waals surface area contributed by atoms with Crippen LogP contribution in [0.3, 0.4) is 0 Å². The summed E-state index contributed by atoms with van der Waals surface area (Å²) in [7, 11) is 0. The summed E-state index contributed by atoms with van der Waals surface area (Å²) in [5.74, 6) is -0.613. The van der Waals surface area contributed by atoms with Crippen LogP contribution in [0.15, 0.2) is 59.2 Å². The molecule has 7 nitrogen and oxygen atoms in total. The molecule has 1 aromatic heterocycles. The first-order valence-corrected chi connectivity index (χ1v) is 8.49. The van der Waals surface area contributed by atoms with Crippen molar-refractivity contribution in [1.82, 2.24) is 15.8 Å². The topological polar surface area (TPSA) is 103 Å². The Morgan fingerprint density at radius 3 is 2.69 bits per heavy atom. The molecule has 3 aromatic rings. The third-order valence-corrected chi connectivity index (χ3v) is 4.37. The van der Waals surface area contributed by atoms with E-state index in [1.54, 1.807) is 35.9 Å². The summed E-state index contributed by atoms with van der Waals surface area (Å²) < 4.78 is 0.516. The summed E-state index contributed by atoms with van der Waals surface area (Å²) in [6.07, 6.45) is 1.67. The van der Waals surface area contributed by atoms with Crippen LogP contribution in [0.4, 0.5) is 10.5 Å². The number of benzene rings is 2. The van der Waals surface area contributed by atoms with E-state index in [4.69, 9.17) is 5.21 Å². The van der Waals surface area contributed by atoms with Crippen molar-refractivity contribution in [2.24, 2.45) is 0 Å². The molecule has 3 amide bonds. The standard InChI is InChI=1S/C18H15BrN4O3/c19-14-9-11(6-7-13(14)17(24)23-26)10-21-18(25)22-15-5-1-3-12-4-2-8-20-16(12)15/h1-9,26H,10H2,(H,23,24)(H2,21,22,25). The number of hydroxylamine groups is 1. The lowest BCUT2D eigenvalue weighted by Crippen LogP contribution is -2.28. The Kier molecular flexibility index (Phi) is 5.45. The SMILES string of the molecule is O=C(NCc1ccc(C(=O)NO)c(Br)c1)Nc1cccc2cccnc12. The minimum Gasteiger partial charge on any atom is -0.334 e. The van der Waals surface area contributed by atoms with E-state index in [0.717, 1.165) is 10.9 Å². The average molecular weight is 415 g/mol. The van der Waals surface area contributed by atoms with Gasteiger partial charge in [-0.3, -0.25) is 15.0 Å². The van der Waals surface area contributed by atoms with Gasteiger partial charge in [0.1, 0.15) is 0 Å². The Morgan fingerprint density at radius 2 is 1.92 bits per heavy atom. The van der Waals surface area contributed by atoms with Crippen molar-refractivity contribution in [1.29, 1.82) is 0 Å². The highest BCUT2D eigenvalue weighted by Gasteiger charge is 2.10. The molecule has 26 heavy (non-hydrogen) atoms. The zero-order valence-corrected chi connectivity index (χ0v) is 15.1. The molecule has 3 rings (SSSR count). The second-order valence-corrected chi connectivity index (χ2v) is 6.30. The fraction of sp³-hybridized carbons (Fsp3) is 0.0556.